The number of benzene rings is 1. The van der Waals surface area contributed by atoms with E-state index in [9.17, 15) is 14.7 Å². The molecule has 25 heavy (non-hydrogen) atoms. The Morgan fingerprint density at radius 1 is 1.04 bits per heavy atom. The number of carboxylic acids is 1. The summed E-state index contributed by atoms with van der Waals surface area (Å²) in [5, 5.41) is 11.8. The summed E-state index contributed by atoms with van der Waals surface area (Å²) in [5.74, 6) is 0.0898. The van der Waals surface area contributed by atoms with Gasteiger partial charge in [0.25, 0.3) is 0 Å². The predicted octanol–water partition coefficient (Wildman–Crippen LogP) is 2.75. The van der Waals surface area contributed by atoms with Gasteiger partial charge in [-0.2, -0.15) is 0 Å². The molecule has 1 rings (SSSR count). The fraction of sp³-hybridized carbons (Fsp3) is 0.529. The van der Waals surface area contributed by atoms with Crippen LogP contribution in [0.2, 0.25) is 0 Å². The minimum absolute atomic E-state index is 0.356. The Morgan fingerprint density at radius 2 is 1.56 bits per heavy atom. The maximum absolute atomic E-state index is 12.1. The minimum atomic E-state index is -1.09. The van der Waals surface area contributed by atoms with Gasteiger partial charge in [0, 0.05) is 11.6 Å². The van der Waals surface area contributed by atoms with Crippen molar-refractivity contribution in [1.29, 1.82) is 0 Å². The molecular formula is C17H25NO7. The molecule has 0 aliphatic heterocycles. The fourth-order valence-corrected chi connectivity index (χ4v) is 2.19. The minimum Gasteiger partial charge on any atom is -0.496 e. The van der Waals surface area contributed by atoms with E-state index < -0.39 is 23.7 Å². The van der Waals surface area contributed by atoms with E-state index in [0.29, 0.717) is 22.8 Å². The number of aliphatic carboxylic acids is 1. The van der Waals surface area contributed by atoms with Gasteiger partial charge in [-0.15, -0.1) is 0 Å². The van der Waals surface area contributed by atoms with Crippen LogP contribution >= 0.6 is 0 Å². The summed E-state index contributed by atoms with van der Waals surface area (Å²) in [6.45, 7) is 5.15. The third kappa shape index (κ3) is 6.06. The predicted molar refractivity (Wildman–Crippen MR) is 90.5 cm³/mol. The molecule has 0 aliphatic carbocycles. The number of rotatable bonds is 7. The number of ether oxygens (including phenoxy) is 4. The molecule has 8 heteroatoms. The molecule has 2 N–H and O–H groups in total. The van der Waals surface area contributed by atoms with E-state index in [-0.39, 0.29) is 6.42 Å². The molecule has 0 radical (unpaired) electrons. The van der Waals surface area contributed by atoms with E-state index in [4.69, 9.17) is 18.9 Å². The first-order chi connectivity index (χ1) is 11.6. The van der Waals surface area contributed by atoms with Crippen LogP contribution in [-0.4, -0.2) is 44.1 Å². The average Bonchev–Trinajstić information content (AvgIpc) is 2.50. The van der Waals surface area contributed by atoms with Crippen LogP contribution in [-0.2, 0) is 9.53 Å². The molecule has 0 saturated heterocycles. The third-order valence-electron chi connectivity index (χ3n) is 3.18. The molecule has 0 heterocycles. The van der Waals surface area contributed by atoms with Gasteiger partial charge in [0.05, 0.1) is 33.8 Å². The topological polar surface area (TPSA) is 103 Å². The van der Waals surface area contributed by atoms with Gasteiger partial charge < -0.3 is 29.4 Å². The smallest absolute Gasteiger partial charge is 0.408 e. The summed E-state index contributed by atoms with van der Waals surface area (Å²) in [7, 11) is 4.38. The molecule has 0 aliphatic rings. The van der Waals surface area contributed by atoms with Crippen molar-refractivity contribution in [2.24, 2.45) is 0 Å². The van der Waals surface area contributed by atoms with Gasteiger partial charge in [0.1, 0.15) is 11.4 Å². The molecule has 1 unspecified atom stereocenters. The summed E-state index contributed by atoms with van der Waals surface area (Å²) in [4.78, 5) is 23.3. The first-order valence-electron chi connectivity index (χ1n) is 7.62. The molecule has 140 valence electrons. The van der Waals surface area contributed by atoms with Crippen molar-refractivity contribution < 1.29 is 33.6 Å². The Hall–Kier alpha value is -2.64. The first kappa shape index (κ1) is 20.4. The van der Waals surface area contributed by atoms with E-state index in [1.807, 2.05) is 0 Å². The number of hydrogen-bond acceptors (Lipinski definition) is 6. The summed E-state index contributed by atoms with van der Waals surface area (Å²) in [5.41, 5.74) is -0.270. The van der Waals surface area contributed by atoms with E-state index >= 15 is 0 Å². The lowest BCUT2D eigenvalue weighted by molar-refractivity contribution is -0.137. The first-order valence-corrected chi connectivity index (χ1v) is 7.62. The number of nitrogens with one attached hydrogen (secondary N) is 1. The quantitative estimate of drug-likeness (QED) is 0.775. The average molecular weight is 355 g/mol. The lowest BCUT2D eigenvalue weighted by Gasteiger charge is -2.24. The number of alkyl carbamates (subject to hydrolysis) is 1. The Balaban J connectivity index is 3.25. The largest absolute Gasteiger partial charge is 0.496 e. The maximum Gasteiger partial charge on any atom is 0.408 e. The Kier molecular flexibility index (Phi) is 6.90. The molecule has 8 nitrogen and oxygen atoms in total. The number of amides is 1. The summed E-state index contributed by atoms with van der Waals surface area (Å²) in [6, 6.07) is 2.27. The second-order valence-electron chi connectivity index (χ2n) is 6.25. The zero-order chi connectivity index (χ0) is 19.2. The molecule has 0 aromatic heterocycles. The van der Waals surface area contributed by atoms with Crippen LogP contribution in [0.1, 0.15) is 38.8 Å². The summed E-state index contributed by atoms with van der Waals surface area (Å²) in [6.07, 6.45) is -1.08. The molecule has 1 aromatic carbocycles. The van der Waals surface area contributed by atoms with Gasteiger partial charge in [-0.05, 0) is 26.8 Å². The molecule has 0 spiro atoms. The molecule has 0 fully saturated rings. The van der Waals surface area contributed by atoms with Crippen LogP contribution in [0.3, 0.4) is 0 Å². The lowest BCUT2D eigenvalue weighted by Crippen LogP contribution is -2.36. The summed E-state index contributed by atoms with van der Waals surface area (Å²) >= 11 is 0. The van der Waals surface area contributed by atoms with Crippen molar-refractivity contribution in [2.45, 2.75) is 38.8 Å². The SMILES string of the molecule is COc1cc(OC)c(C(CC(=O)O)NC(=O)OC(C)(C)C)cc1OC. The van der Waals surface area contributed by atoms with Crippen molar-refractivity contribution in [3.8, 4) is 17.2 Å². The van der Waals surface area contributed by atoms with Crippen molar-refractivity contribution in [3.63, 3.8) is 0 Å². The standard InChI is InChI=1S/C17H25NO7/c1-17(2,3)25-16(21)18-11(8-15(19)20)10-7-13(23-5)14(24-6)9-12(10)22-4/h7,9,11H,8H2,1-6H3,(H,18,21)(H,19,20). The van der Waals surface area contributed by atoms with Crippen molar-refractivity contribution in [2.75, 3.05) is 21.3 Å². The second kappa shape index (κ2) is 8.46. The number of carboxylic acid groups (broad SMARTS) is 1. The molecular weight excluding hydrogens is 330 g/mol. The van der Waals surface area contributed by atoms with Gasteiger partial charge >= 0.3 is 12.1 Å². The molecule has 1 atom stereocenters. The maximum atomic E-state index is 12.1. The summed E-state index contributed by atoms with van der Waals surface area (Å²) < 4.78 is 21.0. The van der Waals surface area contributed by atoms with Crippen molar-refractivity contribution in [3.05, 3.63) is 17.7 Å². The number of carbonyl (C=O) groups excluding carboxylic acids is 1. The second-order valence-corrected chi connectivity index (χ2v) is 6.25. The molecule has 0 bridgehead atoms. The van der Waals surface area contributed by atoms with Crippen LogP contribution in [0.15, 0.2) is 12.1 Å². The number of carbonyl (C=O) groups is 2. The zero-order valence-corrected chi connectivity index (χ0v) is 15.3. The molecule has 1 amide bonds. The third-order valence-corrected chi connectivity index (χ3v) is 3.18. The highest BCUT2D eigenvalue weighted by Crippen LogP contribution is 2.38. The number of hydrogen-bond donors (Lipinski definition) is 2. The zero-order valence-electron chi connectivity index (χ0n) is 15.3. The van der Waals surface area contributed by atoms with E-state index in [2.05, 4.69) is 5.32 Å². The van der Waals surface area contributed by atoms with Crippen LogP contribution in [0, 0.1) is 0 Å². The monoisotopic (exact) mass is 355 g/mol. The van der Waals surface area contributed by atoms with Gasteiger partial charge in [-0.3, -0.25) is 4.79 Å². The van der Waals surface area contributed by atoms with E-state index in [1.54, 1.807) is 32.9 Å². The highest BCUT2D eigenvalue weighted by molar-refractivity contribution is 5.73. The Labute approximate surface area is 147 Å². The Morgan fingerprint density at radius 3 is 2.00 bits per heavy atom. The van der Waals surface area contributed by atoms with Crippen molar-refractivity contribution >= 4 is 12.1 Å². The fourth-order valence-electron chi connectivity index (χ4n) is 2.19. The molecule has 1 aromatic rings. The lowest BCUT2D eigenvalue weighted by atomic mass is 10.0. The molecule has 0 saturated carbocycles. The van der Waals surface area contributed by atoms with Crippen LogP contribution < -0.4 is 19.5 Å². The van der Waals surface area contributed by atoms with Gasteiger partial charge in [-0.25, -0.2) is 4.79 Å². The highest BCUT2D eigenvalue weighted by atomic mass is 16.6. The normalized spacial score (nSPS) is 12.1. The van der Waals surface area contributed by atoms with E-state index in [1.165, 1.54) is 21.3 Å². The van der Waals surface area contributed by atoms with Gasteiger partial charge in [0.2, 0.25) is 0 Å². The van der Waals surface area contributed by atoms with Crippen LogP contribution in [0.25, 0.3) is 0 Å². The van der Waals surface area contributed by atoms with Gasteiger partial charge in [-0.1, -0.05) is 0 Å². The highest BCUT2D eigenvalue weighted by Gasteiger charge is 2.26. The van der Waals surface area contributed by atoms with Crippen LogP contribution in [0.4, 0.5) is 4.79 Å². The van der Waals surface area contributed by atoms with Crippen molar-refractivity contribution in [1.82, 2.24) is 5.32 Å². The van der Waals surface area contributed by atoms with E-state index in [0.717, 1.165) is 0 Å². The Bertz CT molecular complexity index is 622. The van der Waals surface area contributed by atoms with Crippen LogP contribution in [0.5, 0.6) is 17.2 Å². The van der Waals surface area contributed by atoms with Gasteiger partial charge in [0.15, 0.2) is 11.5 Å². The number of methoxy groups -OCH3 is 3.